The number of rotatable bonds is 6. The van der Waals surface area contributed by atoms with Gasteiger partial charge in [0.2, 0.25) is 5.91 Å². The summed E-state index contributed by atoms with van der Waals surface area (Å²) in [6, 6.07) is 0. The molecule has 0 saturated carbocycles. The van der Waals surface area contributed by atoms with Crippen LogP contribution in [0.15, 0.2) is 0 Å². The van der Waals surface area contributed by atoms with E-state index in [1.807, 2.05) is 0 Å². The van der Waals surface area contributed by atoms with Gasteiger partial charge in [-0.1, -0.05) is 0 Å². The average molecular weight is 297 g/mol. The predicted molar refractivity (Wildman–Crippen MR) is 64.3 cm³/mol. The molecule has 0 rings (SSSR count). The van der Waals surface area contributed by atoms with Crippen LogP contribution in [-0.4, -0.2) is 36.6 Å². The molecule has 1 amide bonds. The SMILES string of the molecule is CSN(SC)C(=O)CCCS(=O)([O-])=S.[Na+]. The van der Waals surface area contributed by atoms with Crippen molar-refractivity contribution in [1.29, 1.82) is 0 Å². The van der Waals surface area contributed by atoms with Crippen molar-refractivity contribution in [2.75, 3.05) is 18.3 Å². The van der Waals surface area contributed by atoms with E-state index in [1.54, 1.807) is 12.5 Å². The van der Waals surface area contributed by atoms with Gasteiger partial charge in [-0.15, -0.1) is 0 Å². The van der Waals surface area contributed by atoms with Crippen LogP contribution in [0.25, 0.3) is 0 Å². The minimum Gasteiger partial charge on any atom is -0.769 e. The van der Waals surface area contributed by atoms with Crippen LogP contribution in [0.5, 0.6) is 0 Å². The fourth-order valence-corrected chi connectivity index (χ4v) is 2.81. The Morgan fingerprint density at radius 2 is 1.93 bits per heavy atom. The third-order valence-electron chi connectivity index (χ3n) is 1.32. The van der Waals surface area contributed by atoms with Crippen LogP contribution in [0.4, 0.5) is 0 Å². The van der Waals surface area contributed by atoms with E-state index in [0.717, 1.165) is 0 Å². The van der Waals surface area contributed by atoms with E-state index < -0.39 is 8.77 Å². The molecule has 4 nitrogen and oxygen atoms in total. The summed E-state index contributed by atoms with van der Waals surface area (Å²) in [5.41, 5.74) is 0. The molecule has 0 bridgehead atoms. The molecule has 84 valence electrons. The van der Waals surface area contributed by atoms with Crippen molar-refractivity contribution in [3.8, 4) is 0 Å². The molecule has 0 fully saturated rings. The van der Waals surface area contributed by atoms with E-state index in [-0.39, 0.29) is 47.6 Å². The number of hydrogen-bond donors (Lipinski definition) is 0. The van der Waals surface area contributed by atoms with Gasteiger partial charge in [0.05, 0.1) is 0 Å². The standard InChI is InChI=1S/C6H13NO3S4.Na/c1-12-7(13-2)6(8)4-3-5-14(9,10)11;/h3-5H2,1-2H3,(H,9,10,11);/q;+1/p-1. The third-order valence-corrected chi connectivity index (χ3v) is 4.57. The second kappa shape index (κ2) is 9.52. The molecule has 0 spiro atoms. The molecule has 0 aromatic heterocycles. The van der Waals surface area contributed by atoms with Crippen molar-refractivity contribution in [1.82, 2.24) is 3.71 Å². The van der Waals surface area contributed by atoms with Crippen molar-refractivity contribution >= 4 is 49.8 Å². The van der Waals surface area contributed by atoms with Crippen molar-refractivity contribution in [2.24, 2.45) is 0 Å². The molecule has 0 radical (unpaired) electrons. The smallest absolute Gasteiger partial charge is 0.769 e. The van der Waals surface area contributed by atoms with Gasteiger partial charge in [0, 0.05) is 24.7 Å². The molecule has 0 aliphatic rings. The Bertz CT molecular complexity index is 278. The first kappa shape index (κ1) is 18.9. The maximum atomic E-state index is 11.3. The zero-order chi connectivity index (χ0) is 11.2. The fourth-order valence-electron chi connectivity index (χ4n) is 0.770. The molecule has 15 heavy (non-hydrogen) atoms. The van der Waals surface area contributed by atoms with Gasteiger partial charge < -0.3 is 4.55 Å². The Hall–Kier alpha value is 1.50. The minimum atomic E-state index is -3.36. The zero-order valence-electron chi connectivity index (χ0n) is 8.93. The van der Waals surface area contributed by atoms with E-state index in [1.165, 1.54) is 27.6 Å². The van der Waals surface area contributed by atoms with Crippen molar-refractivity contribution < 1.29 is 43.1 Å². The van der Waals surface area contributed by atoms with Crippen molar-refractivity contribution in [3.63, 3.8) is 0 Å². The molecular weight excluding hydrogens is 285 g/mol. The summed E-state index contributed by atoms with van der Waals surface area (Å²) in [5, 5.41) is 0. The van der Waals surface area contributed by atoms with Gasteiger partial charge in [-0.2, -0.15) is 0 Å². The van der Waals surface area contributed by atoms with Crippen LogP contribution in [0.2, 0.25) is 0 Å². The maximum Gasteiger partial charge on any atom is 1.00 e. The third kappa shape index (κ3) is 10.4. The normalized spacial score (nSPS) is 13.8. The van der Waals surface area contributed by atoms with Crippen molar-refractivity contribution in [2.45, 2.75) is 12.8 Å². The van der Waals surface area contributed by atoms with Gasteiger partial charge in [0.15, 0.2) is 0 Å². The maximum absolute atomic E-state index is 11.3. The number of hydrogen-bond acceptors (Lipinski definition) is 6. The predicted octanol–water partition coefficient (Wildman–Crippen LogP) is -1.97. The van der Waals surface area contributed by atoms with Gasteiger partial charge in [-0.25, -0.2) is 3.71 Å². The minimum absolute atomic E-state index is 0. The Labute approximate surface area is 126 Å². The molecule has 0 saturated heterocycles. The first-order chi connectivity index (χ1) is 6.40. The molecule has 9 heteroatoms. The van der Waals surface area contributed by atoms with Crippen LogP contribution >= 0.6 is 23.9 Å². The molecule has 0 N–H and O–H groups in total. The van der Waals surface area contributed by atoms with Gasteiger partial charge >= 0.3 is 29.6 Å². The second-order valence-electron chi connectivity index (χ2n) is 2.38. The van der Waals surface area contributed by atoms with E-state index in [0.29, 0.717) is 6.42 Å². The first-order valence-corrected chi connectivity index (χ1v) is 8.69. The van der Waals surface area contributed by atoms with Crippen LogP contribution in [0, 0.1) is 0 Å². The summed E-state index contributed by atoms with van der Waals surface area (Å²) in [7, 11) is -3.36. The monoisotopic (exact) mass is 297 g/mol. The van der Waals surface area contributed by atoms with Crippen molar-refractivity contribution in [3.05, 3.63) is 0 Å². The number of amides is 1. The summed E-state index contributed by atoms with van der Waals surface area (Å²) in [6.45, 7) is 0. The summed E-state index contributed by atoms with van der Waals surface area (Å²) in [5.74, 6) is -0.186. The number of carbonyl (C=O) groups excluding carboxylic acids is 1. The molecule has 0 heterocycles. The molecule has 0 aromatic rings. The molecule has 0 aliphatic heterocycles. The summed E-state index contributed by atoms with van der Waals surface area (Å²) >= 11 is 6.81. The molecule has 1 unspecified atom stereocenters. The average Bonchev–Trinajstić information content (AvgIpc) is 2.04. The molecular formula is C6H12NNaO3S4. The van der Waals surface area contributed by atoms with Crippen LogP contribution < -0.4 is 29.6 Å². The zero-order valence-corrected chi connectivity index (χ0v) is 14.2. The number of carbonyl (C=O) groups is 1. The van der Waals surface area contributed by atoms with Gasteiger partial charge in [-0.3, -0.25) is 9.00 Å². The topological polar surface area (TPSA) is 60.4 Å². The van der Waals surface area contributed by atoms with E-state index in [4.69, 9.17) is 0 Å². The number of nitrogens with zero attached hydrogens (tertiary/aromatic N) is 1. The quantitative estimate of drug-likeness (QED) is 0.419. The Kier molecular flexibility index (Phi) is 12.0. The first-order valence-electron chi connectivity index (χ1n) is 3.75. The molecule has 0 aliphatic carbocycles. The van der Waals surface area contributed by atoms with E-state index in [2.05, 4.69) is 11.2 Å². The summed E-state index contributed by atoms with van der Waals surface area (Å²) in [4.78, 5) is 11.3. The van der Waals surface area contributed by atoms with Gasteiger partial charge in [0.1, 0.15) is 0 Å². The Balaban J connectivity index is 0. The van der Waals surface area contributed by atoms with Gasteiger partial charge in [-0.05, 0) is 50.3 Å². The van der Waals surface area contributed by atoms with Crippen LogP contribution in [-0.2, 0) is 24.8 Å². The van der Waals surface area contributed by atoms with E-state index in [9.17, 15) is 13.6 Å². The molecule has 1 atom stereocenters. The Morgan fingerprint density at radius 3 is 2.27 bits per heavy atom. The van der Waals surface area contributed by atoms with Gasteiger partial charge in [0.25, 0.3) is 0 Å². The summed E-state index contributed by atoms with van der Waals surface area (Å²) < 4.78 is 22.7. The molecule has 0 aromatic carbocycles. The Morgan fingerprint density at radius 1 is 1.47 bits per heavy atom. The van der Waals surface area contributed by atoms with Crippen LogP contribution in [0.1, 0.15) is 12.8 Å². The van der Waals surface area contributed by atoms with E-state index >= 15 is 0 Å². The van der Waals surface area contributed by atoms with Crippen LogP contribution in [0.3, 0.4) is 0 Å². The largest absolute Gasteiger partial charge is 1.00 e. The fraction of sp³-hybridized carbons (Fsp3) is 0.833. The second-order valence-corrected chi connectivity index (χ2v) is 7.12. The summed E-state index contributed by atoms with van der Waals surface area (Å²) in [6.07, 6.45) is 4.09.